The summed E-state index contributed by atoms with van der Waals surface area (Å²) >= 11 is 0. The predicted molar refractivity (Wildman–Crippen MR) is 33.6 cm³/mol. The second kappa shape index (κ2) is 5.69. The molecular weight excluding hydrogens is 203 g/mol. The zero-order valence-corrected chi connectivity index (χ0v) is 8.29. The fourth-order valence-electron chi connectivity index (χ4n) is 0.577. The van der Waals surface area contributed by atoms with Gasteiger partial charge in [0, 0.05) is 11.9 Å². The number of hydrogen-bond acceptors (Lipinski definition) is 2. The van der Waals surface area contributed by atoms with Gasteiger partial charge >= 0.3 is 32.7 Å². The van der Waals surface area contributed by atoms with Crippen molar-refractivity contribution in [2.24, 2.45) is 0 Å². The van der Waals surface area contributed by atoms with Gasteiger partial charge in [0.1, 0.15) is 0 Å². The summed E-state index contributed by atoms with van der Waals surface area (Å²) in [5.74, 6) is 0. The van der Waals surface area contributed by atoms with Crippen LogP contribution in [-0.4, -0.2) is 11.3 Å². The summed E-state index contributed by atoms with van der Waals surface area (Å²) in [6.07, 6.45) is 3.72. The summed E-state index contributed by atoms with van der Waals surface area (Å²) in [5, 5.41) is 0. The van der Waals surface area contributed by atoms with E-state index in [1.807, 2.05) is 12.1 Å². The molecule has 46 valence electrons. The van der Waals surface area contributed by atoms with Crippen molar-refractivity contribution < 1.29 is 37.5 Å². The molecule has 0 aliphatic carbocycles. The summed E-state index contributed by atoms with van der Waals surface area (Å²) in [4.78, 5) is 13.7. The Bertz CT molecular complexity index is 188. The maximum Gasteiger partial charge on any atom is 3.00 e. The standard InChI is InChI=1S/C7H6NO.Y/c9-6-4-7-3-1-2-5-8-7;/h1-3,5H,4H2;/q-1;+3. The Morgan fingerprint density at radius 1 is 1.50 bits per heavy atom. The Hall–Kier alpha value is -0.0761. The van der Waals surface area contributed by atoms with Gasteiger partial charge < -0.3 is 4.79 Å². The molecule has 0 N–H and O–H groups in total. The van der Waals surface area contributed by atoms with Gasteiger partial charge in [0.15, 0.2) is 0 Å². The monoisotopic (exact) mass is 209 g/mol. The van der Waals surface area contributed by atoms with Gasteiger partial charge in [0.2, 0.25) is 0 Å². The molecule has 0 unspecified atom stereocenters. The molecule has 1 aromatic rings. The first-order chi connectivity index (χ1) is 4.43. The molecule has 1 aromatic heterocycles. The van der Waals surface area contributed by atoms with Gasteiger partial charge in [-0.3, -0.25) is 11.3 Å². The van der Waals surface area contributed by atoms with Crippen LogP contribution in [0.4, 0.5) is 0 Å². The van der Waals surface area contributed by atoms with Crippen molar-refractivity contribution >= 4 is 6.29 Å². The Balaban J connectivity index is 0.000000810. The van der Waals surface area contributed by atoms with Crippen LogP contribution in [0.25, 0.3) is 0 Å². The van der Waals surface area contributed by atoms with Crippen LogP contribution in [0.15, 0.2) is 24.4 Å². The van der Waals surface area contributed by atoms with Crippen LogP contribution < -0.4 is 0 Å². The fraction of sp³-hybridized carbons (Fsp3) is 0.143. The van der Waals surface area contributed by atoms with Crippen LogP contribution in [-0.2, 0) is 43.9 Å². The van der Waals surface area contributed by atoms with E-state index in [0.717, 1.165) is 5.69 Å². The minimum Gasteiger partial charge on any atom is -0.541 e. The zero-order valence-electron chi connectivity index (χ0n) is 5.45. The van der Waals surface area contributed by atoms with E-state index in [9.17, 15) is 4.79 Å². The second-order valence-corrected chi connectivity index (χ2v) is 1.64. The molecule has 0 aromatic carbocycles. The van der Waals surface area contributed by atoms with Crippen LogP contribution >= 0.6 is 0 Å². The van der Waals surface area contributed by atoms with Crippen LogP contribution in [0, 0.1) is 0 Å². The first-order valence-electron chi connectivity index (χ1n) is 2.68. The third kappa shape index (κ3) is 3.18. The number of pyridine rings is 1. The first kappa shape index (κ1) is 9.92. The summed E-state index contributed by atoms with van der Waals surface area (Å²) < 4.78 is 0. The molecule has 3 heteroatoms. The average Bonchev–Trinajstić information content (AvgIpc) is 1.91. The Labute approximate surface area is 84.9 Å². The number of carbonyl (C=O) groups excluding carboxylic acids is 1. The second-order valence-electron chi connectivity index (χ2n) is 1.64. The maximum absolute atomic E-state index is 9.81. The van der Waals surface area contributed by atoms with E-state index in [4.69, 9.17) is 0 Å². The van der Waals surface area contributed by atoms with E-state index < -0.39 is 0 Å². The molecule has 0 fully saturated rings. The van der Waals surface area contributed by atoms with E-state index in [1.54, 1.807) is 18.5 Å². The quantitative estimate of drug-likeness (QED) is 0.672. The molecule has 0 aliphatic rings. The number of hydrogen-bond donors (Lipinski definition) is 0. The van der Waals surface area contributed by atoms with Crippen LogP contribution in [0.2, 0.25) is 0 Å². The minimum atomic E-state index is 0. The number of rotatable bonds is 2. The summed E-state index contributed by atoms with van der Waals surface area (Å²) in [5.41, 5.74) is 0.771. The first-order valence-corrected chi connectivity index (χ1v) is 2.68. The van der Waals surface area contributed by atoms with E-state index in [0.29, 0.717) is 6.42 Å². The molecular formula is C7H6NOY+2. The van der Waals surface area contributed by atoms with Gasteiger partial charge in [-0.2, -0.15) is 0 Å². The summed E-state index contributed by atoms with van der Waals surface area (Å²) in [6, 6.07) is 5.46. The summed E-state index contributed by atoms with van der Waals surface area (Å²) in [7, 11) is 0. The van der Waals surface area contributed by atoms with Gasteiger partial charge in [-0.15, -0.1) is 6.42 Å². The minimum absolute atomic E-state index is 0. The maximum atomic E-state index is 9.81. The Kier molecular flexibility index (Phi) is 5.65. The topological polar surface area (TPSA) is 30.0 Å². The van der Waals surface area contributed by atoms with Crippen molar-refractivity contribution in [2.75, 3.05) is 0 Å². The molecule has 0 atom stereocenters. The van der Waals surface area contributed by atoms with Crippen molar-refractivity contribution in [1.29, 1.82) is 0 Å². The fourth-order valence-corrected chi connectivity index (χ4v) is 0.577. The normalized spacial score (nSPS) is 8.00. The van der Waals surface area contributed by atoms with Gasteiger partial charge in [-0.1, -0.05) is 6.07 Å². The molecule has 0 aliphatic heterocycles. The van der Waals surface area contributed by atoms with E-state index >= 15 is 0 Å². The average molecular weight is 209 g/mol. The molecule has 0 bridgehead atoms. The molecule has 0 saturated carbocycles. The SMILES string of the molecule is O=[C-]Cc1ccccn1.[Y+3]. The van der Waals surface area contributed by atoms with Crippen molar-refractivity contribution in [3.05, 3.63) is 30.1 Å². The molecule has 0 amide bonds. The number of nitrogens with zero attached hydrogens (tertiary/aromatic N) is 1. The third-order valence-electron chi connectivity index (χ3n) is 0.979. The smallest absolute Gasteiger partial charge is 0.541 e. The largest absolute Gasteiger partial charge is 3.00 e. The molecule has 0 saturated heterocycles. The molecule has 10 heavy (non-hydrogen) atoms. The van der Waals surface area contributed by atoms with Crippen LogP contribution in [0.3, 0.4) is 0 Å². The van der Waals surface area contributed by atoms with Crippen molar-refractivity contribution in [1.82, 2.24) is 4.98 Å². The zero-order chi connectivity index (χ0) is 6.53. The van der Waals surface area contributed by atoms with Gasteiger partial charge in [0.25, 0.3) is 0 Å². The van der Waals surface area contributed by atoms with E-state index in [-0.39, 0.29) is 32.7 Å². The molecule has 0 spiro atoms. The Morgan fingerprint density at radius 2 is 2.30 bits per heavy atom. The number of aromatic nitrogens is 1. The van der Waals surface area contributed by atoms with Gasteiger partial charge in [-0.25, -0.2) is 0 Å². The Morgan fingerprint density at radius 3 is 2.80 bits per heavy atom. The van der Waals surface area contributed by atoms with Crippen LogP contribution in [0.5, 0.6) is 0 Å². The molecule has 2 nitrogen and oxygen atoms in total. The molecule has 0 radical (unpaired) electrons. The molecule has 1 rings (SSSR count). The van der Waals surface area contributed by atoms with Gasteiger partial charge in [0.05, 0.1) is 0 Å². The summed E-state index contributed by atoms with van der Waals surface area (Å²) in [6.45, 7) is 0. The van der Waals surface area contributed by atoms with E-state index in [1.165, 1.54) is 0 Å². The predicted octanol–water partition coefficient (Wildman–Crippen LogP) is 0.731. The van der Waals surface area contributed by atoms with Gasteiger partial charge in [-0.05, 0) is 12.1 Å². The van der Waals surface area contributed by atoms with Crippen molar-refractivity contribution in [3.63, 3.8) is 0 Å². The van der Waals surface area contributed by atoms with Crippen molar-refractivity contribution in [2.45, 2.75) is 6.42 Å². The molecule has 1 heterocycles. The third-order valence-corrected chi connectivity index (χ3v) is 0.979. The van der Waals surface area contributed by atoms with Crippen molar-refractivity contribution in [3.8, 4) is 0 Å². The van der Waals surface area contributed by atoms with Crippen LogP contribution in [0.1, 0.15) is 5.69 Å². The van der Waals surface area contributed by atoms with E-state index in [2.05, 4.69) is 4.98 Å².